The highest BCUT2D eigenvalue weighted by Gasteiger charge is 2.28. The lowest BCUT2D eigenvalue weighted by Gasteiger charge is -2.31. The molecule has 0 heterocycles. The second-order valence-electron chi connectivity index (χ2n) is 8.56. The minimum absolute atomic E-state index is 0.0207. The van der Waals surface area contributed by atoms with Crippen molar-refractivity contribution in [2.45, 2.75) is 91.3 Å². The Morgan fingerprint density at radius 2 is 0.917 bits per heavy atom. The molecule has 0 aliphatic heterocycles. The molecule has 4 nitrogen and oxygen atoms in total. The smallest absolute Gasteiger partial charge is 0.306 e. The predicted molar refractivity (Wildman–Crippen MR) is 93.4 cm³/mol. The van der Waals surface area contributed by atoms with Crippen LogP contribution < -0.4 is 0 Å². The Kier molecular flexibility index (Phi) is 7.12. The summed E-state index contributed by atoms with van der Waals surface area (Å²) >= 11 is 0. The highest BCUT2D eigenvalue weighted by Crippen LogP contribution is 2.31. The van der Waals surface area contributed by atoms with Gasteiger partial charge in [-0.1, -0.05) is 27.7 Å². The van der Waals surface area contributed by atoms with Gasteiger partial charge in [0.05, 0.1) is 12.8 Å². The molecule has 0 aromatic heterocycles. The van der Waals surface area contributed by atoms with Gasteiger partial charge in [0, 0.05) is 0 Å². The van der Waals surface area contributed by atoms with E-state index in [9.17, 15) is 9.59 Å². The number of carbonyl (C=O) groups is 2. The Morgan fingerprint density at radius 1 is 0.625 bits per heavy atom. The zero-order valence-electron chi connectivity index (χ0n) is 15.8. The van der Waals surface area contributed by atoms with Gasteiger partial charge in [-0.05, 0) is 62.2 Å². The van der Waals surface area contributed by atoms with Gasteiger partial charge in [0.2, 0.25) is 0 Å². The van der Waals surface area contributed by atoms with E-state index in [2.05, 4.69) is 27.7 Å². The van der Waals surface area contributed by atoms with Crippen molar-refractivity contribution in [1.82, 2.24) is 0 Å². The molecular formula is C20H34O4. The number of hydrogen-bond acceptors (Lipinski definition) is 4. The summed E-state index contributed by atoms with van der Waals surface area (Å²) in [4.78, 5) is 24.0. The van der Waals surface area contributed by atoms with Crippen molar-refractivity contribution in [2.24, 2.45) is 23.7 Å². The number of hydrogen-bond donors (Lipinski definition) is 0. The van der Waals surface area contributed by atoms with E-state index >= 15 is 0 Å². The van der Waals surface area contributed by atoms with Gasteiger partial charge < -0.3 is 9.47 Å². The Hall–Kier alpha value is -1.06. The molecule has 24 heavy (non-hydrogen) atoms. The maximum absolute atomic E-state index is 12.0. The second kappa shape index (κ2) is 8.87. The van der Waals surface area contributed by atoms with Gasteiger partial charge in [-0.15, -0.1) is 0 Å². The van der Waals surface area contributed by atoms with Gasteiger partial charge in [-0.2, -0.15) is 0 Å². The summed E-state index contributed by atoms with van der Waals surface area (Å²) in [5.41, 5.74) is 0. The molecule has 2 aliphatic rings. The number of carbonyl (C=O) groups excluding carboxylic acids is 2. The van der Waals surface area contributed by atoms with Crippen LogP contribution in [0.5, 0.6) is 0 Å². The third-order valence-electron chi connectivity index (χ3n) is 5.40. The summed E-state index contributed by atoms with van der Waals surface area (Å²) in [5, 5.41) is 0. The Morgan fingerprint density at radius 3 is 1.21 bits per heavy atom. The number of rotatable bonds is 5. The van der Waals surface area contributed by atoms with Crippen LogP contribution in [0, 0.1) is 23.7 Å². The van der Waals surface area contributed by atoms with E-state index in [4.69, 9.17) is 9.47 Å². The Balaban J connectivity index is 1.66. The molecule has 0 spiro atoms. The molecule has 0 N–H and O–H groups in total. The lowest BCUT2D eigenvalue weighted by atomic mass is 9.82. The molecule has 4 heteroatoms. The maximum atomic E-state index is 12.0. The van der Waals surface area contributed by atoms with Crippen LogP contribution in [0.4, 0.5) is 0 Å². The molecule has 0 saturated heterocycles. The summed E-state index contributed by atoms with van der Waals surface area (Å²) in [5.74, 6) is 1.89. The number of esters is 2. The first kappa shape index (κ1) is 19.3. The first-order valence-corrected chi connectivity index (χ1v) is 9.70. The van der Waals surface area contributed by atoms with E-state index in [0.717, 1.165) is 25.7 Å². The fourth-order valence-corrected chi connectivity index (χ4v) is 4.63. The van der Waals surface area contributed by atoms with Crippen molar-refractivity contribution in [3.05, 3.63) is 0 Å². The average molecular weight is 338 g/mol. The van der Waals surface area contributed by atoms with Crippen LogP contribution in [0.15, 0.2) is 0 Å². The van der Waals surface area contributed by atoms with Crippen LogP contribution in [0.1, 0.15) is 79.1 Å². The molecule has 4 atom stereocenters. The van der Waals surface area contributed by atoms with E-state index in [0.29, 0.717) is 23.7 Å². The summed E-state index contributed by atoms with van der Waals surface area (Å²) < 4.78 is 11.1. The monoisotopic (exact) mass is 338 g/mol. The zero-order valence-corrected chi connectivity index (χ0v) is 15.8. The second-order valence-corrected chi connectivity index (χ2v) is 8.56. The van der Waals surface area contributed by atoms with E-state index < -0.39 is 0 Å². The highest BCUT2D eigenvalue weighted by atomic mass is 16.5. The molecule has 2 fully saturated rings. The highest BCUT2D eigenvalue weighted by molar-refractivity contribution is 5.77. The van der Waals surface area contributed by atoms with Crippen LogP contribution in [0.3, 0.4) is 0 Å². The van der Waals surface area contributed by atoms with Gasteiger partial charge in [0.1, 0.15) is 12.2 Å². The van der Waals surface area contributed by atoms with Crippen LogP contribution in [0.2, 0.25) is 0 Å². The fraction of sp³-hybridized carbons (Fsp3) is 0.900. The third-order valence-corrected chi connectivity index (χ3v) is 5.40. The van der Waals surface area contributed by atoms with Crippen LogP contribution in [-0.4, -0.2) is 24.1 Å². The normalized spacial score (nSPS) is 36.8. The quantitative estimate of drug-likeness (QED) is 0.692. The van der Waals surface area contributed by atoms with E-state index in [1.807, 2.05) is 0 Å². The molecule has 2 saturated carbocycles. The van der Waals surface area contributed by atoms with Crippen LogP contribution in [-0.2, 0) is 19.1 Å². The summed E-state index contributed by atoms with van der Waals surface area (Å²) in [7, 11) is 0. The van der Waals surface area contributed by atoms with Gasteiger partial charge in [0.25, 0.3) is 0 Å². The van der Waals surface area contributed by atoms with Gasteiger partial charge in [-0.25, -0.2) is 0 Å². The Bertz CT molecular complexity index is 373. The van der Waals surface area contributed by atoms with Gasteiger partial charge in [-0.3, -0.25) is 9.59 Å². The zero-order chi connectivity index (χ0) is 17.7. The lowest BCUT2D eigenvalue weighted by Crippen LogP contribution is -2.30. The average Bonchev–Trinajstić information content (AvgIpc) is 2.42. The van der Waals surface area contributed by atoms with Gasteiger partial charge in [0.15, 0.2) is 0 Å². The van der Waals surface area contributed by atoms with Crippen molar-refractivity contribution < 1.29 is 19.1 Å². The molecule has 0 amide bonds. The minimum Gasteiger partial charge on any atom is -0.462 e. The topological polar surface area (TPSA) is 52.6 Å². The van der Waals surface area contributed by atoms with Crippen molar-refractivity contribution in [1.29, 1.82) is 0 Å². The van der Waals surface area contributed by atoms with E-state index in [-0.39, 0.29) is 37.0 Å². The van der Waals surface area contributed by atoms with E-state index in [1.165, 1.54) is 12.8 Å². The van der Waals surface area contributed by atoms with Crippen molar-refractivity contribution >= 4 is 11.9 Å². The third kappa shape index (κ3) is 6.45. The molecule has 2 aliphatic carbocycles. The summed E-state index contributed by atoms with van der Waals surface area (Å²) in [6.45, 7) is 8.83. The Labute approximate surface area is 146 Å². The first-order chi connectivity index (χ1) is 11.3. The number of ether oxygens (including phenoxy) is 2. The molecule has 4 unspecified atom stereocenters. The van der Waals surface area contributed by atoms with Crippen molar-refractivity contribution in [3.63, 3.8) is 0 Å². The lowest BCUT2D eigenvalue weighted by molar-refractivity contribution is -0.159. The molecule has 2 rings (SSSR count). The molecule has 0 aromatic rings. The molecule has 0 bridgehead atoms. The summed E-state index contributed by atoms with van der Waals surface area (Å²) in [6, 6.07) is 0. The minimum atomic E-state index is -0.261. The summed E-state index contributed by atoms with van der Waals surface area (Å²) in [6.07, 6.45) is 6.50. The maximum Gasteiger partial charge on any atom is 0.306 e. The van der Waals surface area contributed by atoms with Crippen LogP contribution in [0.25, 0.3) is 0 Å². The van der Waals surface area contributed by atoms with Crippen molar-refractivity contribution in [3.8, 4) is 0 Å². The van der Waals surface area contributed by atoms with Gasteiger partial charge >= 0.3 is 11.9 Å². The SMILES string of the molecule is CC1CC(C)CC(OC(=O)CCC(=O)OC2CC(C)CC(C)C2)C1. The first-order valence-electron chi connectivity index (χ1n) is 9.70. The molecule has 0 aromatic carbocycles. The molecule has 138 valence electrons. The van der Waals surface area contributed by atoms with E-state index in [1.54, 1.807) is 0 Å². The fourth-order valence-electron chi connectivity index (χ4n) is 4.63. The largest absolute Gasteiger partial charge is 0.462 e. The molecule has 0 radical (unpaired) electrons. The van der Waals surface area contributed by atoms with Crippen LogP contribution >= 0.6 is 0 Å². The predicted octanol–water partition coefficient (Wildman–Crippen LogP) is 4.50. The van der Waals surface area contributed by atoms with Crippen molar-refractivity contribution in [2.75, 3.05) is 0 Å². The molecular weight excluding hydrogens is 304 g/mol. The standard InChI is InChI=1S/C20H34O4/c1-13-7-14(2)10-17(9-13)23-19(21)5-6-20(22)24-18-11-15(3)8-16(4)12-18/h13-18H,5-12H2,1-4H3.